The first-order valence-electron chi connectivity index (χ1n) is 6.16. The molecule has 0 amide bonds. The number of thiazole rings is 1. The molecule has 114 valence electrons. The number of fused-ring (bicyclic) bond motifs is 1. The molecule has 0 bridgehead atoms. The Morgan fingerprint density at radius 1 is 1.27 bits per heavy atom. The predicted molar refractivity (Wildman–Crippen MR) is 79.4 cm³/mol. The van der Waals surface area contributed by atoms with E-state index in [1.807, 2.05) is 18.2 Å². The van der Waals surface area contributed by atoms with E-state index >= 15 is 0 Å². The molecule has 1 aromatic carbocycles. The van der Waals surface area contributed by atoms with Crippen molar-refractivity contribution in [3.05, 3.63) is 62.5 Å². The van der Waals surface area contributed by atoms with Crippen LogP contribution in [0.15, 0.2) is 41.3 Å². The molecule has 22 heavy (non-hydrogen) atoms. The van der Waals surface area contributed by atoms with E-state index in [0.717, 1.165) is 21.0 Å². The number of aromatic nitrogens is 2. The highest BCUT2D eigenvalue weighted by Crippen LogP contribution is 2.30. The van der Waals surface area contributed by atoms with Gasteiger partial charge in [-0.1, -0.05) is 23.7 Å². The topological polar surface area (TPSA) is 34.9 Å². The maximum atomic E-state index is 12.8. The molecule has 0 saturated heterocycles. The van der Waals surface area contributed by atoms with Crippen LogP contribution in [0.4, 0.5) is 13.2 Å². The van der Waals surface area contributed by atoms with Crippen LogP contribution >= 0.6 is 22.9 Å². The third kappa shape index (κ3) is 2.86. The first kappa shape index (κ1) is 15.1. The molecule has 2 aromatic heterocycles. The summed E-state index contributed by atoms with van der Waals surface area (Å²) in [4.78, 5) is 16.2. The normalized spacial score (nSPS) is 12.0. The Balaban J connectivity index is 2.04. The van der Waals surface area contributed by atoms with Gasteiger partial charge in [0.1, 0.15) is 10.0 Å². The summed E-state index contributed by atoms with van der Waals surface area (Å²) in [5.74, 6) is 0. The van der Waals surface area contributed by atoms with E-state index in [4.69, 9.17) is 11.6 Å². The molecule has 0 saturated carbocycles. The van der Waals surface area contributed by atoms with Crippen molar-refractivity contribution in [2.75, 3.05) is 0 Å². The van der Waals surface area contributed by atoms with Crippen LogP contribution in [0.1, 0.15) is 10.6 Å². The molecular formula is C14H8ClF3N2OS. The van der Waals surface area contributed by atoms with E-state index in [-0.39, 0.29) is 6.54 Å². The van der Waals surface area contributed by atoms with Gasteiger partial charge in [0.2, 0.25) is 0 Å². The fourth-order valence-corrected chi connectivity index (χ4v) is 3.20. The molecule has 8 heteroatoms. The lowest BCUT2D eigenvalue weighted by Gasteiger charge is -2.10. The highest BCUT2D eigenvalue weighted by Gasteiger charge is 2.32. The summed E-state index contributed by atoms with van der Waals surface area (Å²) in [5.41, 5.74) is -0.888. The summed E-state index contributed by atoms with van der Waals surface area (Å²) >= 11 is 6.94. The molecule has 2 heterocycles. The van der Waals surface area contributed by atoms with Crippen molar-refractivity contribution in [1.29, 1.82) is 0 Å². The van der Waals surface area contributed by atoms with Crippen LogP contribution < -0.4 is 5.56 Å². The number of rotatable bonds is 2. The van der Waals surface area contributed by atoms with Gasteiger partial charge >= 0.3 is 6.18 Å². The lowest BCUT2D eigenvalue weighted by Crippen LogP contribution is -2.23. The Kier molecular flexibility index (Phi) is 3.70. The van der Waals surface area contributed by atoms with Gasteiger partial charge in [-0.05, 0) is 18.2 Å². The van der Waals surface area contributed by atoms with Crippen molar-refractivity contribution in [1.82, 2.24) is 9.55 Å². The van der Waals surface area contributed by atoms with E-state index in [0.29, 0.717) is 11.1 Å². The molecule has 0 spiro atoms. The van der Waals surface area contributed by atoms with E-state index in [1.54, 1.807) is 6.07 Å². The van der Waals surface area contributed by atoms with E-state index in [1.165, 1.54) is 11.3 Å². The van der Waals surface area contributed by atoms with Gasteiger partial charge in [0, 0.05) is 6.20 Å². The molecule has 0 unspecified atom stereocenters. The molecule has 0 atom stereocenters. The summed E-state index contributed by atoms with van der Waals surface area (Å²) in [6.07, 6.45) is -3.80. The average Bonchev–Trinajstić information content (AvgIpc) is 2.84. The Hall–Kier alpha value is -1.86. The standard InChI is InChI=1S/C14H8ClF3N2OS/c15-9-5-8(14(16,17)18)6-20(13(9)21)7-12-19-10-3-1-2-4-11(10)22-12/h1-6H,7H2. The summed E-state index contributed by atoms with van der Waals surface area (Å²) in [5, 5.41) is 0.0784. The lowest BCUT2D eigenvalue weighted by molar-refractivity contribution is -0.138. The monoisotopic (exact) mass is 344 g/mol. The average molecular weight is 345 g/mol. The van der Waals surface area contributed by atoms with Crippen LogP contribution in [0.2, 0.25) is 5.02 Å². The summed E-state index contributed by atoms with van der Waals surface area (Å²) < 4.78 is 40.2. The van der Waals surface area contributed by atoms with Crippen LogP contribution in [0.3, 0.4) is 0 Å². The minimum Gasteiger partial charge on any atom is -0.307 e. The summed E-state index contributed by atoms with van der Waals surface area (Å²) in [6.45, 7) is -0.0538. The molecule has 0 aliphatic heterocycles. The third-order valence-corrected chi connectivity index (χ3v) is 4.31. The van der Waals surface area contributed by atoms with Crippen LogP contribution in [0.25, 0.3) is 10.2 Å². The molecule has 0 radical (unpaired) electrons. The molecular weight excluding hydrogens is 337 g/mol. The Morgan fingerprint density at radius 3 is 2.68 bits per heavy atom. The van der Waals surface area contributed by atoms with E-state index in [9.17, 15) is 18.0 Å². The van der Waals surface area contributed by atoms with E-state index < -0.39 is 22.3 Å². The second-order valence-electron chi connectivity index (χ2n) is 4.58. The third-order valence-electron chi connectivity index (χ3n) is 3.01. The first-order valence-corrected chi connectivity index (χ1v) is 7.35. The molecule has 0 N–H and O–H groups in total. The van der Waals surface area contributed by atoms with Gasteiger partial charge in [-0.3, -0.25) is 4.79 Å². The zero-order valence-corrected chi connectivity index (χ0v) is 12.5. The van der Waals surface area contributed by atoms with E-state index in [2.05, 4.69) is 4.98 Å². The largest absolute Gasteiger partial charge is 0.417 e. The lowest BCUT2D eigenvalue weighted by atomic mass is 10.2. The van der Waals surface area contributed by atoms with Crippen molar-refractivity contribution in [3.8, 4) is 0 Å². The Morgan fingerprint density at radius 2 is 2.00 bits per heavy atom. The Bertz CT molecular complexity index is 868. The van der Waals surface area contributed by atoms with Gasteiger partial charge in [-0.25, -0.2) is 4.98 Å². The van der Waals surface area contributed by atoms with Gasteiger partial charge in [0.25, 0.3) is 5.56 Å². The van der Waals surface area contributed by atoms with Crippen LogP contribution in [-0.2, 0) is 12.7 Å². The van der Waals surface area contributed by atoms with Gasteiger partial charge in [0.05, 0.1) is 22.3 Å². The first-order chi connectivity index (χ1) is 10.3. The van der Waals surface area contributed by atoms with Crippen LogP contribution in [0.5, 0.6) is 0 Å². The smallest absolute Gasteiger partial charge is 0.307 e. The number of benzene rings is 1. The molecule has 3 aromatic rings. The minimum atomic E-state index is -4.56. The molecule has 3 rings (SSSR count). The summed E-state index contributed by atoms with van der Waals surface area (Å²) in [7, 11) is 0. The molecule has 3 nitrogen and oxygen atoms in total. The number of pyridine rings is 1. The fraction of sp³-hybridized carbons (Fsp3) is 0.143. The number of halogens is 4. The van der Waals surface area contributed by atoms with Crippen molar-refractivity contribution in [3.63, 3.8) is 0 Å². The number of nitrogens with zero attached hydrogens (tertiary/aromatic N) is 2. The number of alkyl halides is 3. The quantitative estimate of drug-likeness (QED) is 0.699. The van der Waals surface area contributed by atoms with Gasteiger partial charge < -0.3 is 4.57 Å². The SMILES string of the molecule is O=c1c(Cl)cc(C(F)(F)F)cn1Cc1nc2ccccc2s1. The number of para-hydroxylation sites is 1. The van der Waals surface area contributed by atoms with Gasteiger partial charge in [-0.2, -0.15) is 13.2 Å². The zero-order chi connectivity index (χ0) is 15.9. The maximum absolute atomic E-state index is 12.8. The molecule has 0 aliphatic rings. The number of hydrogen-bond donors (Lipinski definition) is 0. The zero-order valence-electron chi connectivity index (χ0n) is 10.9. The fourth-order valence-electron chi connectivity index (χ4n) is 2.00. The van der Waals surface area contributed by atoms with Crippen LogP contribution in [0, 0.1) is 0 Å². The van der Waals surface area contributed by atoms with Crippen LogP contribution in [-0.4, -0.2) is 9.55 Å². The van der Waals surface area contributed by atoms with Gasteiger partial charge in [-0.15, -0.1) is 11.3 Å². The predicted octanol–water partition coefficient (Wildman–Crippen LogP) is 4.18. The number of hydrogen-bond acceptors (Lipinski definition) is 3. The van der Waals surface area contributed by atoms with Crippen molar-refractivity contribution >= 4 is 33.2 Å². The highest BCUT2D eigenvalue weighted by molar-refractivity contribution is 7.18. The highest BCUT2D eigenvalue weighted by atomic mass is 35.5. The minimum absolute atomic E-state index is 0.0538. The Labute approximate surface area is 131 Å². The molecule has 0 aliphatic carbocycles. The van der Waals surface area contributed by atoms with Crippen molar-refractivity contribution in [2.45, 2.75) is 12.7 Å². The maximum Gasteiger partial charge on any atom is 0.417 e. The van der Waals surface area contributed by atoms with Gasteiger partial charge in [0.15, 0.2) is 0 Å². The summed E-state index contributed by atoms with van der Waals surface area (Å²) in [6, 6.07) is 7.96. The van der Waals surface area contributed by atoms with Crippen molar-refractivity contribution < 1.29 is 13.2 Å². The molecule has 0 fully saturated rings. The second kappa shape index (κ2) is 5.40. The second-order valence-corrected chi connectivity index (χ2v) is 6.11. The van der Waals surface area contributed by atoms with Crippen molar-refractivity contribution in [2.24, 2.45) is 0 Å².